The van der Waals surface area contributed by atoms with Crippen molar-refractivity contribution in [3.05, 3.63) is 23.5 Å². The fourth-order valence-corrected chi connectivity index (χ4v) is 3.54. The van der Waals surface area contributed by atoms with E-state index in [0.29, 0.717) is 5.69 Å². The molecule has 2 rings (SSSR count). The van der Waals surface area contributed by atoms with E-state index in [9.17, 15) is 4.79 Å². The molecule has 5 nitrogen and oxygen atoms in total. The summed E-state index contributed by atoms with van der Waals surface area (Å²) in [5.41, 5.74) is 0.511. The highest BCUT2D eigenvalue weighted by atomic mass is 35.5. The number of hydrogen-bond acceptors (Lipinski definition) is 7. The van der Waals surface area contributed by atoms with E-state index in [0.717, 1.165) is 8.68 Å². The van der Waals surface area contributed by atoms with Gasteiger partial charge in [-0.05, 0) is 18.4 Å². The molecule has 0 bridgehead atoms. The number of aromatic nitrogens is 3. The second-order valence-electron chi connectivity index (χ2n) is 3.22. The SMILES string of the molecule is CSc1nnc(SCC(=O)Nc2cccnc2Cl)s1. The van der Waals surface area contributed by atoms with Gasteiger partial charge < -0.3 is 5.32 Å². The number of amides is 1. The third kappa shape index (κ3) is 4.34. The predicted molar refractivity (Wildman–Crippen MR) is 80.3 cm³/mol. The Hall–Kier alpha value is -0.830. The van der Waals surface area contributed by atoms with Crippen molar-refractivity contribution in [3.63, 3.8) is 0 Å². The number of rotatable bonds is 5. The molecule has 0 aliphatic rings. The predicted octanol–water partition coefficient (Wildman–Crippen LogP) is 3.04. The molecule has 0 aromatic carbocycles. The average Bonchev–Trinajstić information content (AvgIpc) is 2.87. The summed E-state index contributed by atoms with van der Waals surface area (Å²) in [7, 11) is 0. The fraction of sp³-hybridized carbons (Fsp3) is 0.200. The van der Waals surface area contributed by atoms with Gasteiger partial charge in [0, 0.05) is 6.20 Å². The Balaban J connectivity index is 1.86. The summed E-state index contributed by atoms with van der Waals surface area (Å²) >= 11 is 10.2. The highest BCUT2D eigenvalue weighted by Gasteiger charge is 2.09. The van der Waals surface area contributed by atoms with Gasteiger partial charge in [-0.25, -0.2) is 4.98 Å². The summed E-state index contributed by atoms with van der Waals surface area (Å²) in [5, 5.41) is 10.9. The highest BCUT2D eigenvalue weighted by Crippen LogP contribution is 2.27. The number of nitrogens with one attached hydrogen (secondary N) is 1. The molecule has 2 aromatic heterocycles. The Kier molecular flexibility index (Phi) is 5.44. The summed E-state index contributed by atoms with van der Waals surface area (Å²) in [6.45, 7) is 0. The van der Waals surface area contributed by atoms with Crippen molar-refractivity contribution in [2.24, 2.45) is 0 Å². The van der Waals surface area contributed by atoms with Gasteiger partial charge in [0.2, 0.25) is 5.91 Å². The summed E-state index contributed by atoms with van der Waals surface area (Å²) in [6.07, 6.45) is 3.50. The molecule has 9 heteroatoms. The molecule has 0 atom stereocenters. The van der Waals surface area contributed by atoms with Gasteiger partial charge in [-0.1, -0.05) is 46.5 Å². The first-order chi connectivity index (χ1) is 9.19. The number of carbonyl (C=O) groups excluding carboxylic acids is 1. The molecule has 0 aliphatic carbocycles. The molecule has 100 valence electrons. The van der Waals surface area contributed by atoms with E-state index in [1.807, 2.05) is 6.26 Å². The van der Waals surface area contributed by atoms with Gasteiger partial charge in [0.15, 0.2) is 13.8 Å². The minimum Gasteiger partial charge on any atom is -0.323 e. The molecule has 1 amide bonds. The maximum Gasteiger partial charge on any atom is 0.234 e. The second kappa shape index (κ2) is 7.09. The van der Waals surface area contributed by atoms with Gasteiger partial charge in [-0.2, -0.15) is 0 Å². The third-order valence-corrected chi connectivity index (χ3v) is 5.26. The van der Waals surface area contributed by atoms with E-state index >= 15 is 0 Å². The van der Waals surface area contributed by atoms with Gasteiger partial charge >= 0.3 is 0 Å². The largest absolute Gasteiger partial charge is 0.323 e. The lowest BCUT2D eigenvalue weighted by molar-refractivity contribution is -0.113. The molecule has 0 saturated heterocycles. The van der Waals surface area contributed by atoms with Crippen molar-refractivity contribution in [1.29, 1.82) is 0 Å². The first-order valence-corrected chi connectivity index (χ1v) is 8.50. The number of pyridine rings is 1. The van der Waals surface area contributed by atoms with Crippen LogP contribution in [-0.4, -0.2) is 33.1 Å². The molecule has 0 spiro atoms. The minimum absolute atomic E-state index is 0.152. The summed E-state index contributed by atoms with van der Waals surface area (Å²) in [6, 6.07) is 3.42. The summed E-state index contributed by atoms with van der Waals surface area (Å²) in [4.78, 5) is 15.6. The van der Waals surface area contributed by atoms with Gasteiger partial charge in [-0.3, -0.25) is 4.79 Å². The molecule has 19 heavy (non-hydrogen) atoms. The lowest BCUT2D eigenvalue weighted by atomic mass is 10.4. The van der Waals surface area contributed by atoms with Gasteiger partial charge in [0.1, 0.15) is 0 Å². The smallest absolute Gasteiger partial charge is 0.234 e. The molecule has 0 unspecified atom stereocenters. The first-order valence-electron chi connectivity index (χ1n) is 5.09. The lowest BCUT2D eigenvalue weighted by Crippen LogP contribution is -2.14. The number of carbonyl (C=O) groups is 1. The van der Waals surface area contributed by atoms with Crippen LogP contribution >= 0.6 is 46.5 Å². The first kappa shape index (κ1) is 14.6. The quantitative estimate of drug-likeness (QED) is 0.670. The van der Waals surface area contributed by atoms with E-state index in [1.165, 1.54) is 34.9 Å². The van der Waals surface area contributed by atoms with E-state index in [-0.39, 0.29) is 16.8 Å². The van der Waals surface area contributed by atoms with Crippen LogP contribution in [0.25, 0.3) is 0 Å². The van der Waals surface area contributed by atoms with Crippen LogP contribution in [0.3, 0.4) is 0 Å². The second-order valence-corrected chi connectivity index (χ2v) is 6.83. The number of halogens is 1. The van der Waals surface area contributed by atoms with Crippen molar-refractivity contribution in [2.45, 2.75) is 8.68 Å². The Morgan fingerprint density at radius 1 is 1.47 bits per heavy atom. The maximum absolute atomic E-state index is 11.7. The van der Waals surface area contributed by atoms with Gasteiger partial charge in [-0.15, -0.1) is 10.2 Å². The molecule has 0 radical (unpaired) electrons. The van der Waals surface area contributed by atoms with Crippen LogP contribution in [0, 0.1) is 0 Å². The normalized spacial score (nSPS) is 10.4. The molecule has 1 N–H and O–H groups in total. The lowest BCUT2D eigenvalue weighted by Gasteiger charge is -2.04. The van der Waals surface area contributed by atoms with Crippen LogP contribution in [0.2, 0.25) is 5.15 Å². The van der Waals surface area contributed by atoms with Crippen LogP contribution < -0.4 is 5.32 Å². The van der Waals surface area contributed by atoms with Crippen LogP contribution in [0.5, 0.6) is 0 Å². The van der Waals surface area contributed by atoms with E-state index in [4.69, 9.17) is 11.6 Å². The van der Waals surface area contributed by atoms with Crippen molar-refractivity contribution >= 4 is 58.1 Å². The zero-order chi connectivity index (χ0) is 13.7. The van der Waals surface area contributed by atoms with Crippen LogP contribution in [0.1, 0.15) is 0 Å². The molecular formula is C10H9ClN4OS3. The Morgan fingerprint density at radius 3 is 2.95 bits per heavy atom. The van der Waals surface area contributed by atoms with Crippen molar-refractivity contribution in [3.8, 4) is 0 Å². The van der Waals surface area contributed by atoms with Crippen LogP contribution in [-0.2, 0) is 4.79 Å². The van der Waals surface area contributed by atoms with Gasteiger partial charge in [0.25, 0.3) is 0 Å². The molecule has 2 heterocycles. The Morgan fingerprint density at radius 2 is 2.26 bits per heavy atom. The van der Waals surface area contributed by atoms with E-state index in [2.05, 4.69) is 20.5 Å². The number of anilines is 1. The molecule has 0 saturated carbocycles. The molecule has 2 aromatic rings. The average molecular weight is 333 g/mol. The highest BCUT2D eigenvalue weighted by molar-refractivity contribution is 8.03. The van der Waals surface area contributed by atoms with Crippen molar-refractivity contribution in [1.82, 2.24) is 15.2 Å². The zero-order valence-electron chi connectivity index (χ0n) is 9.79. The number of thioether (sulfide) groups is 2. The van der Waals surface area contributed by atoms with Crippen LogP contribution in [0.15, 0.2) is 27.0 Å². The van der Waals surface area contributed by atoms with E-state index < -0.39 is 0 Å². The summed E-state index contributed by atoms with van der Waals surface area (Å²) in [5.74, 6) is 0.106. The molecule has 0 aliphatic heterocycles. The van der Waals surface area contributed by atoms with Crippen molar-refractivity contribution < 1.29 is 4.79 Å². The maximum atomic E-state index is 11.7. The number of hydrogen-bond donors (Lipinski definition) is 1. The summed E-state index contributed by atoms with van der Waals surface area (Å²) < 4.78 is 1.66. The minimum atomic E-state index is -0.152. The van der Waals surface area contributed by atoms with Gasteiger partial charge in [0.05, 0.1) is 11.4 Å². The number of nitrogens with zero attached hydrogens (tertiary/aromatic N) is 3. The third-order valence-electron chi connectivity index (χ3n) is 1.92. The topological polar surface area (TPSA) is 67.8 Å². The zero-order valence-corrected chi connectivity index (χ0v) is 13.0. The standard InChI is InChI=1S/C10H9ClN4OS3/c1-17-9-14-15-10(19-9)18-5-7(16)13-6-3-2-4-12-8(6)11/h2-4H,5H2,1H3,(H,13,16). The molecular weight excluding hydrogens is 324 g/mol. The monoisotopic (exact) mass is 332 g/mol. The molecule has 0 fully saturated rings. The van der Waals surface area contributed by atoms with Crippen LogP contribution in [0.4, 0.5) is 5.69 Å². The van der Waals surface area contributed by atoms with E-state index in [1.54, 1.807) is 18.3 Å². The van der Waals surface area contributed by atoms with Crippen molar-refractivity contribution in [2.75, 3.05) is 17.3 Å². The Labute approximate surface area is 127 Å². The fourth-order valence-electron chi connectivity index (χ4n) is 1.13. The Bertz CT molecular complexity index is 577.